The van der Waals surface area contributed by atoms with Crippen molar-refractivity contribution in [2.45, 2.75) is 51.7 Å². The predicted molar refractivity (Wildman–Crippen MR) is 88.7 cm³/mol. The SMILES string of the molecule is CNC1C(N(C)Cc2ccc(OC)cc2)CCCC1(C)C. The van der Waals surface area contributed by atoms with E-state index in [0.29, 0.717) is 17.5 Å². The van der Waals surface area contributed by atoms with E-state index in [4.69, 9.17) is 4.74 Å². The van der Waals surface area contributed by atoms with Crippen LogP contribution < -0.4 is 10.1 Å². The molecule has 0 aromatic heterocycles. The molecule has 1 aromatic rings. The second kappa shape index (κ2) is 6.80. The van der Waals surface area contributed by atoms with Crippen LogP contribution in [0.2, 0.25) is 0 Å². The Morgan fingerprint density at radius 3 is 2.52 bits per heavy atom. The van der Waals surface area contributed by atoms with Gasteiger partial charge in [-0.1, -0.05) is 32.4 Å². The fraction of sp³-hybridized carbons (Fsp3) is 0.667. The normalized spacial score (nSPS) is 25.0. The third kappa shape index (κ3) is 3.78. The second-order valence-electron chi connectivity index (χ2n) is 6.98. The van der Waals surface area contributed by atoms with E-state index in [1.807, 2.05) is 12.1 Å². The molecule has 2 rings (SSSR count). The molecule has 0 aliphatic heterocycles. The summed E-state index contributed by atoms with van der Waals surface area (Å²) in [4.78, 5) is 2.50. The lowest BCUT2D eigenvalue weighted by atomic mass is 9.70. The van der Waals surface area contributed by atoms with Gasteiger partial charge in [0.1, 0.15) is 5.75 Å². The van der Waals surface area contributed by atoms with E-state index in [9.17, 15) is 0 Å². The summed E-state index contributed by atoms with van der Waals surface area (Å²) >= 11 is 0. The zero-order chi connectivity index (χ0) is 15.5. The number of hydrogen-bond acceptors (Lipinski definition) is 3. The summed E-state index contributed by atoms with van der Waals surface area (Å²) in [7, 11) is 6.06. The molecule has 0 bridgehead atoms. The maximum atomic E-state index is 5.23. The summed E-state index contributed by atoms with van der Waals surface area (Å²) in [5.41, 5.74) is 1.71. The van der Waals surface area contributed by atoms with Crippen molar-refractivity contribution in [2.24, 2.45) is 5.41 Å². The molecule has 1 fully saturated rings. The molecule has 0 spiro atoms. The Kier molecular flexibility index (Phi) is 5.28. The Bertz CT molecular complexity index is 441. The van der Waals surface area contributed by atoms with Gasteiger partial charge in [-0.15, -0.1) is 0 Å². The van der Waals surface area contributed by atoms with Crippen LogP contribution in [0, 0.1) is 5.41 Å². The van der Waals surface area contributed by atoms with Gasteiger partial charge in [-0.2, -0.15) is 0 Å². The Hall–Kier alpha value is -1.06. The number of methoxy groups -OCH3 is 1. The van der Waals surface area contributed by atoms with E-state index in [1.54, 1.807) is 7.11 Å². The van der Waals surface area contributed by atoms with Crippen LogP contribution in [-0.2, 0) is 6.54 Å². The number of rotatable bonds is 5. The first kappa shape index (κ1) is 16.3. The summed E-state index contributed by atoms with van der Waals surface area (Å²) in [5, 5.41) is 3.57. The summed E-state index contributed by atoms with van der Waals surface area (Å²) < 4.78 is 5.23. The van der Waals surface area contributed by atoms with Crippen LogP contribution >= 0.6 is 0 Å². The van der Waals surface area contributed by atoms with Crippen LogP contribution in [0.5, 0.6) is 5.75 Å². The quantitative estimate of drug-likeness (QED) is 0.900. The average Bonchev–Trinajstić information content (AvgIpc) is 2.46. The predicted octanol–water partition coefficient (Wildman–Crippen LogP) is 3.29. The Balaban J connectivity index is 2.05. The molecule has 0 radical (unpaired) electrons. The first-order valence-electron chi connectivity index (χ1n) is 7.98. The van der Waals surface area contributed by atoms with Crippen molar-refractivity contribution in [3.05, 3.63) is 29.8 Å². The number of nitrogens with zero attached hydrogens (tertiary/aromatic N) is 1. The van der Waals surface area contributed by atoms with Gasteiger partial charge in [-0.3, -0.25) is 4.90 Å². The molecule has 0 saturated heterocycles. The topological polar surface area (TPSA) is 24.5 Å². The van der Waals surface area contributed by atoms with E-state index in [-0.39, 0.29) is 0 Å². The molecule has 1 N–H and O–H groups in total. The Morgan fingerprint density at radius 1 is 1.29 bits per heavy atom. The number of hydrogen-bond donors (Lipinski definition) is 1. The van der Waals surface area contributed by atoms with Crippen LogP contribution in [0.3, 0.4) is 0 Å². The van der Waals surface area contributed by atoms with E-state index < -0.39 is 0 Å². The van der Waals surface area contributed by atoms with Crippen molar-refractivity contribution in [1.29, 1.82) is 0 Å². The molecule has 0 amide bonds. The zero-order valence-electron chi connectivity index (χ0n) is 14.1. The minimum absolute atomic E-state index is 0.367. The van der Waals surface area contributed by atoms with Gasteiger partial charge in [0.05, 0.1) is 7.11 Å². The number of nitrogens with one attached hydrogen (secondary N) is 1. The minimum Gasteiger partial charge on any atom is -0.497 e. The second-order valence-corrected chi connectivity index (χ2v) is 6.98. The van der Waals surface area contributed by atoms with Gasteiger partial charge < -0.3 is 10.1 Å². The first-order chi connectivity index (χ1) is 9.97. The molecule has 2 unspecified atom stereocenters. The van der Waals surface area contributed by atoms with Gasteiger partial charge >= 0.3 is 0 Å². The molecule has 3 nitrogen and oxygen atoms in total. The van der Waals surface area contributed by atoms with E-state index in [0.717, 1.165) is 12.3 Å². The van der Waals surface area contributed by atoms with Gasteiger partial charge in [-0.25, -0.2) is 0 Å². The molecule has 1 aliphatic rings. The van der Waals surface area contributed by atoms with Crippen molar-refractivity contribution in [2.75, 3.05) is 21.2 Å². The molecule has 0 heterocycles. The highest BCUT2D eigenvalue weighted by molar-refractivity contribution is 5.27. The van der Waals surface area contributed by atoms with Crippen LogP contribution in [0.1, 0.15) is 38.7 Å². The molecule has 118 valence electrons. The molecule has 1 aliphatic carbocycles. The summed E-state index contributed by atoms with van der Waals surface area (Å²) in [5.74, 6) is 0.924. The van der Waals surface area contributed by atoms with Crippen molar-refractivity contribution < 1.29 is 4.74 Å². The maximum absolute atomic E-state index is 5.23. The molecule has 2 atom stereocenters. The molecule has 1 saturated carbocycles. The number of benzene rings is 1. The van der Waals surface area contributed by atoms with E-state index in [2.05, 4.69) is 50.3 Å². The number of ether oxygens (including phenoxy) is 1. The van der Waals surface area contributed by atoms with Gasteiger partial charge in [0.15, 0.2) is 0 Å². The lowest BCUT2D eigenvalue weighted by Gasteiger charge is -2.47. The fourth-order valence-electron chi connectivity index (χ4n) is 3.80. The summed E-state index contributed by atoms with van der Waals surface area (Å²) in [6, 6.07) is 9.57. The molecule has 1 aromatic carbocycles. The van der Waals surface area contributed by atoms with Crippen molar-refractivity contribution in [3.63, 3.8) is 0 Å². The van der Waals surface area contributed by atoms with Crippen LogP contribution in [-0.4, -0.2) is 38.2 Å². The van der Waals surface area contributed by atoms with Crippen molar-refractivity contribution in [3.8, 4) is 5.75 Å². The Labute approximate surface area is 129 Å². The third-order valence-electron chi connectivity index (χ3n) is 5.02. The number of likely N-dealkylation sites (N-methyl/N-ethyl adjacent to an activating group) is 2. The maximum Gasteiger partial charge on any atom is 0.118 e. The van der Waals surface area contributed by atoms with Gasteiger partial charge in [-0.05, 0) is 50.0 Å². The van der Waals surface area contributed by atoms with E-state index >= 15 is 0 Å². The van der Waals surface area contributed by atoms with Crippen LogP contribution in [0.4, 0.5) is 0 Å². The lowest BCUT2D eigenvalue weighted by Crippen LogP contribution is -2.56. The highest BCUT2D eigenvalue weighted by Gasteiger charge is 2.39. The van der Waals surface area contributed by atoms with Gasteiger partial charge in [0.25, 0.3) is 0 Å². The average molecular weight is 290 g/mol. The summed E-state index contributed by atoms with van der Waals surface area (Å²) in [6.07, 6.45) is 3.91. The standard InChI is InChI=1S/C18H30N2O/c1-18(2)12-6-7-16(17(18)19-3)20(4)13-14-8-10-15(21-5)11-9-14/h8-11,16-17,19H,6-7,12-13H2,1-5H3. The largest absolute Gasteiger partial charge is 0.497 e. The van der Waals surface area contributed by atoms with Gasteiger partial charge in [0, 0.05) is 18.6 Å². The van der Waals surface area contributed by atoms with E-state index in [1.165, 1.54) is 24.8 Å². The smallest absolute Gasteiger partial charge is 0.118 e. The third-order valence-corrected chi connectivity index (χ3v) is 5.02. The highest BCUT2D eigenvalue weighted by atomic mass is 16.5. The lowest BCUT2D eigenvalue weighted by molar-refractivity contribution is 0.0632. The zero-order valence-corrected chi connectivity index (χ0v) is 14.1. The van der Waals surface area contributed by atoms with Gasteiger partial charge in [0.2, 0.25) is 0 Å². The first-order valence-corrected chi connectivity index (χ1v) is 7.98. The monoisotopic (exact) mass is 290 g/mol. The van der Waals surface area contributed by atoms with Crippen LogP contribution in [0.15, 0.2) is 24.3 Å². The fourth-order valence-corrected chi connectivity index (χ4v) is 3.80. The molecular formula is C18H30N2O. The highest BCUT2D eigenvalue weighted by Crippen LogP contribution is 2.37. The molecule has 3 heteroatoms. The van der Waals surface area contributed by atoms with Crippen molar-refractivity contribution in [1.82, 2.24) is 10.2 Å². The van der Waals surface area contributed by atoms with Crippen molar-refractivity contribution >= 4 is 0 Å². The molecule has 21 heavy (non-hydrogen) atoms. The summed E-state index contributed by atoms with van der Waals surface area (Å²) in [6.45, 7) is 5.77. The van der Waals surface area contributed by atoms with Crippen LogP contribution in [0.25, 0.3) is 0 Å². The Morgan fingerprint density at radius 2 is 1.95 bits per heavy atom. The minimum atomic E-state index is 0.367. The molecular weight excluding hydrogens is 260 g/mol.